The molecule has 0 aliphatic heterocycles. The van der Waals surface area contributed by atoms with Gasteiger partial charge in [-0.25, -0.2) is 9.82 Å². The van der Waals surface area contributed by atoms with Gasteiger partial charge in [-0.05, 0) is 33.6 Å². The molecule has 0 aliphatic rings. The maximum absolute atomic E-state index is 14.2. The Morgan fingerprint density at radius 1 is 1.30 bits per heavy atom. The van der Waals surface area contributed by atoms with Crippen LogP contribution in [0.25, 0.3) is 0 Å². The molecule has 0 fully saturated rings. The Kier molecular flexibility index (Phi) is 4.99. The monoisotopic (exact) mass is 358 g/mol. The van der Waals surface area contributed by atoms with E-state index in [0.717, 1.165) is 4.47 Å². The van der Waals surface area contributed by atoms with Gasteiger partial charge in [-0.15, -0.1) is 0 Å². The van der Waals surface area contributed by atoms with Gasteiger partial charge in [0.25, 0.3) is 0 Å². The third-order valence-corrected chi connectivity index (χ3v) is 4.29. The lowest BCUT2D eigenvalue weighted by Crippen LogP contribution is -2.29. The minimum absolute atomic E-state index is 0.397. The summed E-state index contributed by atoms with van der Waals surface area (Å²) in [6, 6.07) is 9.48. The predicted octanol–water partition coefficient (Wildman–Crippen LogP) is 3.80. The van der Waals surface area contributed by atoms with E-state index >= 15 is 0 Å². The number of hydrogen-bond acceptors (Lipinski definition) is 3. The zero-order valence-corrected chi connectivity index (χ0v) is 13.0. The summed E-state index contributed by atoms with van der Waals surface area (Å²) in [5.41, 5.74) is 3.68. The lowest BCUT2D eigenvalue weighted by molar-refractivity contribution is 0.410. The van der Waals surface area contributed by atoms with Crippen molar-refractivity contribution in [3.05, 3.63) is 62.8 Å². The van der Waals surface area contributed by atoms with E-state index in [4.69, 9.17) is 22.2 Å². The summed E-state index contributed by atoms with van der Waals surface area (Å²) in [5.74, 6) is 5.61. The maximum atomic E-state index is 14.2. The summed E-state index contributed by atoms with van der Waals surface area (Å²) in [6.07, 6.45) is 0. The molecule has 0 amide bonds. The highest BCUT2D eigenvalue weighted by Crippen LogP contribution is 2.34. The van der Waals surface area contributed by atoms with Crippen molar-refractivity contribution < 1.29 is 9.13 Å². The molecule has 106 valence electrons. The van der Waals surface area contributed by atoms with Gasteiger partial charge in [-0.3, -0.25) is 5.84 Å². The van der Waals surface area contributed by atoms with Crippen LogP contribution in [0.15, 0.2) is 40.9 Å². The molecule has 20 heavy (non-hydrogen) atoms. The zero-order valence-electron chi connectivity index (χ0n) is 10.7. The van der Waals surface area contributed by atoms with Crippen LogP contribution in [-0.4, -0.2) is 7.11 Å². The Morgan fingerprint density at radius 3 is 2.65 bits per heavy atom. The quantitative estimate of drug-likeness (QED) is 0.645. The number of nitrogens with two attached hydrogens (primary N) is 1. The van der Waals surface area contributed by atoms with Crippen LogP contribution < -0.4 is 16.0 Å². The Balaban J connectivity index is 2.50. The second kappa shape index (κ2) is 6.54. The third-order valence-electron chi connectivity index (χ3n) is 2.98. The molecule has 2 aromatic carbocycles. The number of hydrazine groups is 1. The summed E-state index contributed by atoms with van der Waals surface area (Å²) in [5, 5.41) is 0.491. The second-order valence-electron chi connectivity index (χ2n) is 4.13. The van der Waals surface area contributed by atoms with E-state index < -0.39 is 11.9 Å². The van der Waals surface area contributed by atoms with E-state index in [1.807, 2.05) is 12.1 Å². The van der Waals surface area contributed by atoms with Gasteiger partial charge in [0, 0.05) is 16.1 Å². The van der Waals surface area contributed by atoms with E-state index in [0.29, 0.717) is 21.9 Å². The van der Waals surface area contributed by atoms with Crippen LogP contribution in [0.3, 0.4) is 0 Å². The molecule has 1 unspecified atom stereocenters. The summed E-state index contributed by atoms with van der Waals surface area (Å²) < 4.78 is 19.9. The largest absolute Gasteiger partial charge is 0.497 e. The molecule has 0 spiro atoms. The molecule has 0 heterocycles. The molecule has 3 nitrogen and oxygen atoms in total. The SMILES string of the molecule is COc1ccc(C(NN)c2cccc(Br)c2Cl)c(F)c1. The van der Waals surface area contributed by atoms with Gasteiger partial charge < -0.3 is 4.74 Å². The molecule has 0 aromatic heterocycles. The van der Waals surface area contributed by atoms with Crippen molar-refractivity contribution in [2.24, 2.45) is 5.84 Å². The average Bonchev–Trinajstić information content (AvgIpc) is 2.45. The molecule has 0 saturated carbocycles. The van der Waals surface area contributed by atoms with Crippen LogP contribution in [0.1, 0.15) is 17.2 Å². The number of nitrogens with one attached hydrogen (secondary N) is 1. The second-order valence-corrected chi connectivity index (χ2v) is 5.36. The lowest BCUT2D eigenvalue weighted by Gasteiger charge is -2.19. The Labute approximate surface area is 130 Å². The molecule has 0 bridgehead atoms. The van der Waals surface area contributed by atoms with E-state index in [-0.39, 0.29) is 0 Å². The Bertz CT molecular complexity index is 624. The highest BCUT2D eigenvalue weighted by atomic mass is 79.9. The summed E-state index contributed by atoms with van der Waals surface area (Å²) in [7, 11) is 1.48. The first kappa shape index (κ1) is 15.3. The van der Waals surface area contributed by atoms with Crippen molar-refractivity contribution in [1.82, 2.24) is 5.43 Å². The number of rotatable bonds is 4. The molecule has 0 radical (unpaired) electrons. The number of hydrogen-bond donors (Lipinski definition) is 2. The maximum Gasteiger partial charge on any atom is 0.132 e. The van der Waals surface area contributed by atoms with Crippen molar-refractivity contribution in [3.8, 4) is 5.75 Å². The normalized spacial score (nSPS) is 12.2. The average molecular weight is 360 g/mol. The first-order chi connectivity index (χ1) is 9.58. The van der Waals surface area contributed by atoms with Crippen LogP contribution in [0.4, 0.5) is 4.39 Å². The fraction of sp³-hybridized carbons (Fsp3) is 0.143. The van der Waals surface area contributed by atoms with Crippen molar-refractivity contribution in [3.63, 3.8) is 0 Å². The number of ether oxygens (including phenoxy) is 1. The topological polar surface area (TPSA) is 47.3 Å². The van der Waals surface area contributed by atoms with Gasteiger partial charge in [0.05, 0.1) is 18.2 Å². The summed E-state index contributed by atoms with van der Waals surface area (Å²) in [6.45, 7) is 0. The molecule has 6 heteroatoms. The van der Waals surface area contributed by atoms with E-state index in [2.05, 4.69) is 21.4 Å². The smallest absolute Gasteiger partial charge is 0.132 e. The van der Waals surface area contributed by atoms with E-state index in [1.54, 1.807) is 18.2 Å². The van der Waals surface area contributed by atoms with Crippen molar-refractivity contribution in [2.45, 2.75) is 6.04 Å². The number of methoxy groups -OCH3 is 1. The summed E-state index contributed by atoms with van der Waals surface area (Å²) in [4.78, 5) is 0. The van der Waals surface area contributed by atoms with Crippen LogP contribution in [0.2, 0.25) is 5.02 Å². The third kappa shape index (κ3) is 2.96. The molecule has 1 atom stereocenters. The van der Waals surface area contributed by atoms with Gasteiger partial charge in [-0.2, -0.15) is 0 Å². The van der Waals surface area contributed by atoms with Gasteiger partial charge in [0.2, 0.25) is 0 Å². The van der Waals surface area contributed by atoms with Gasteiger partial charge in [-0.1, -0.05) is 29.8 Å². The lowest BCUT2D eigenvalue weighted by atomic mass is 9.98. The van der Waals surface area contributed by atoms with Crippen LogP contribution in [0, 0.1) is 5.82 Å². The van der Waals surface area contributed by atoms with Crippen molar-refractivity contribution >= 4 is 27.5 Å². The summed E-state index contributed by atoms with van der Waals surface area (Å²) >= 11 is 9.58. The van der Waals surface area contributed by atoms with Crippen LogP contribution in [0.5, 0.6) is 5.75 Å². The van der Waals surface area contributed by atoms with E-state index in [1.165, 1.54) is 13.2 Å². The van der Waals surface area contributed by atoms with E-state index in [9.17, 15) is 4.39 Å². The van der Waals surface area contributed by atoms with Gasteiger partial charge >= 0.3 is 0 Å². The van der Waals surface area contributed by atoms with Crippen molar-refractivity contribution in [1.29, 1.82) is 0 Å². The minimum Gasteiger partial charge on any atom is -0.497 e. The highest BCUT2D eigenvalue weighted by Gasteiger charge is 2.20. The fourth-order valence-corrected chi connectivity index (χ4v) is 2.58. The molecule has 0 aliphatic carbocycles. The van der Waals surface area contributed by atoms with Gasteiger partial charge in [0.1, 0.15) is 11.6 Å². The number of benzene rings is 2. The Hall–Kier alpha value is -1.14. The van der Waals surface area contributed by atoms with Gasteiger partial charge in [0.15, 0.2) is 0 Å². The standard InChI is InChI=1S/C14H13BrClFN2O/c1-20-8-5-6-9(12(17)7-8)14(19-18)10-3-2-4-11(15)13(10)16/h2-7,14,19H,18H2,1H3. The van der Waals surface area contributed by atoms with Crippen LogP contribution in [-0.2, 0) is 0 Å². The highest BCUT2D eigenvalue weighted by molar-refractivity contribution is 9.10. The fourth-order valence-electron chi connectivity index (χ4n) is 1.96. The molecular formula is C14H13BrClFN2O. The molecular weight excluding hydrogens is 347 g/mol. The molecule has 2 rings (SSSR count). The van der Waals surface area contributed by atoms with Crippen molar-refractivity contribution in [2.75, 3.05) is 7.11 Å². The Morgan fingerprint density at radius 2 is 2.05 bits per heavy atom. The zero-order chi connectivity index (χ0) is 14.7. The molecule has 3 N–H and O–H groups in total. The number of halogens is 3. The predicted molar refractivity (Wildman–Crippen MR) is 81.3 cm³/mol. The molecule has 0 saturated heterocycles. The molecule has 2 aromatic rings. The van der Waals surface area contributed by atoms with Crippen LogP contribution >= 0.6 is 27.5 Å². The first-order valence-corrected chi connectivity index (χ1v) is 6.99. The minimum atomic E-state index is -0.550. The first-order valence-electron chi connectivity index (χ1n) is 5.82.